The van der Waals surface area contributed by atoms with E-state index in [4.69, 9.17) is 4.74 Å². The molecule has 0 heterocycles. The number of hydrogen-bond acceptors (Lipinski definition) is 4. The Morgan fingerprint density at radius 1 is 1.18 bits per heavy atom. The molecular formula is C16H22FNO4. The number of carbonyl (C=O) groups is 2. The van der Waals surface area contributed by atoms with Crippen molar-refractivity contribution in [3.05, 3.63) is 30.1 Å². The molecule has 0 aromatic heterocycles. The standard InChI is InChI=1S/C16H22FNO4/c1-10(2)13(14(19)21-5)18-15(20)16(3,4)22-12-8-6-11(17)7-9-12/h6-10,13H,1-5H3,(H,18,20). The van der Waals surface area contributed by atoms with Gasteiger partial charge in [0.1, 0.15) is 17.6 Å². The normalized spacial score (nSPS) is 12.7. The Kier molecular flexibility index (Phi) is 5.91. The fraction of sp³-hybridized carbons (Fsp3) is 0.500. The summed E-state index contributed by atoms with van der Waals surface area (Å²) in [6.45, 7) is 6.74. The molecule has 0 fully saturated rings. The topological polar surface area (TPSA) is 64.6 Å². The van der Waals surface area contributed by atoms with Gasteiger partial charge in [-0.2, -0.15) is 0 Å². The first-order valence-corrected chi connectivity index (χ1v) is 7.00. The molecule has 0 spiro atoms. The van der Waals surface area contributed by atoms with E-state index >= 15 is 0 Å². The van der Waals surface area contributed by atoms with E-state index in [1.54, 1.807) is 27.7 Å². The first kappa shape index (κ1) is 17.9. The first-order chi connectivity index (χ1) is 10.2. The lowest BCUT2D eigenvalue weighted by molar-refractivity contribution is -0.148. The summed E-state index contributed by atoms with van der Waals surface area (Å²) in [4.78, 5) is 24.0. The number of methoxy groups -OCH3 is 1. The molecule has 1 N–H and O–H groups in total. The van der Waals surface area contributed by atoms with Gasteiger partial charge in [0.25, 0.3) is 5.91 Å². The third-order valence-corrected chi connectivity index (χ3v) is 3.14. The van der Waals surface area contributed by atoms with E-state index in [2.05, 4.69) is 10.1 Å². The Morgan fingerprint density at radius 2 is 1.73 bits per heavy atom. The molecule has 0 aliphatic carbocycles. The van der Waals surface area contributed by atoms with Gasteiger partial charge in [-0.3, -0.25) is 4.79 Å². The highest BCUT2D eigenvalue weighted by atomic mass is 19.1. The second-order valence-electron chi connectivity index (χ2n) is 5.78. The highest BCUT2D eigenvalue weighted by molar-refractivity contribution is 5.89. The lowest BCUT2D eigenvalue weighted by atomic mass is 10.0. The monoisotopic (exact) mass is 311 g/mol. The van der Waals surface area contributed by atoms with Crippen LogP contribution in [0, 0.1) is 11.7 Å². The Labute approximate surface area is 129 Å². The number of hydrogen-bond donors (Lipinski definition) is 1. The number of ether oxygens (including phenoxy) is 2. The second-order valence-corrected chi connectivity index (χ2v) is 5.78. The lowest BCUT2D eigenvalue weighted by Crippen LogP contribution is -2.54. The maximum Gasteiger partial charge on any atom is 0.328 e. The first-order valence-electron chi connectivity index (χ1n) is 7.00. The number of esters is 1. The van der Waals surface area contributed by atoms with Gasteiger partial charge in [-0.25, -0.2) is 9.18 Å². The highest BCUT2D eigenvalue weighted by Crippen LogP contribution is 2.19. The SMILES string of the molecule is COC(=O)C(NC(=O)C(C)(C)Oc1ccc(F)cc1)C(C)C. The molecular weight excluding hydrogens is 289 g/mol. The minimum absolute atomic E-state index is 0.127. The zero-order valence-electron chi connectivity index (χ0n) is 13.5. The van der Waals surface area contributed by atoms with Crippen LogP contribution in [0.3, 0.4) is 0 Å². The summed E-state index contributed by atoms with van der Waals surface area (Å²) < 4.78 is 23.1. The summed E-state index contributed by atoms with van der Waals surface area (Å²) in [6, 6.07) is 4.60. The number of halogens is 1. The van der Waals surface area contributed by atoms with Crippen LogP contribution in [-0.2, 0) is 14.3 Å². The van der Waals surface area contributed by atoms with Crippen molar-refractivity contribution >= 4 is 11.9 Å². The quantitative estimate of drug-likeness (QED) is 0.819. The van der Waals surface area contributed by atoms with Crippen molar-refractivity contribution in [1.29, 1.82) is 0 Å². The predicted molar refractivity (Wildman–Crippen MR) is 79.9 cm³/mol. The Balaban J connectivity index is 2.80. The van der Waals surface area contributed by atoms with E-state index in [1.807, 2.05) is 0 Å². The molecule has 1 aromatic rings. The summed E-state index contributed by atoms with van der Waals surface area (Å²) in [5.41, 5.74) is -1.22. The fourth-order valence-corrected chi connectivity index (χ4v) is 1.78. The van der Waals surface area contributed by atoms with Gasteiger partial charge in [-0.15, -0.1) is 0 Å². The lowest BCUT2D eigenvalue weighted by Gasteiger charge is -2.28. The predicted octanol–water partition coefficient (Wildman–Crippen LogP) is 2.30. The molecule has 0 saturated carbocycles. The van der Waals surface area contributed by atoms with E-state index in [0.29, 0.717) is 5.75 Å². The van der Waals surface area contributed by atoms with Crippen molar-refractivity contribution in [2.75, 3.05) is 7.11 Å². The Morgan fingerprint density at radius 3 is 2.18 bits per heavy atom. The van der Waals surface area contributed by atoms with Crippen molar-refractivity contribution < 1.29 is 23.5 Å². The van der Waals surface area contributed by atoms with Crippen molar-refractivity contribution in [1.82, 2.24) is 5.32 Å². The van der Waals surface area contributed by atoms with Crippen LogP contribution in [0.15, 0.2) is 24.3 Å². The molecule has 0 aliphatic rings. The van der Waals surface area contributed by atoms with Crippen LogP contribution in [0.4, 0.5) is 4.39 Å². The van der Waals surface area contributed by atoms with Gasteiger partial charge >= 0.3 is 5.97 Å². The van der Waals surface area contributed by atoms with Crippen LogP contribution in [0.2, 0.25) is 0 Å². The Bertz CT molecular complexity index is 525. The van der Waals surface area contributed by atoms with Crippen molar-refractivity contribution in [3.8, 4) is 5.75 Å². The van der Waals surface area contributed by atoms with Crippen LogP contribution in [0.5, 0.6) is 5.75 Å². The molecule has 5 nitrogen and oxygen atoms in total. The van der Waals surface area contributed by atoms with Gasteiger partial charge in [-0.05, 0) is 44.0 Å². The molecule has 1 rings (SSSR count). The van der Waals surface area contributed by atoms with Crippen LogP contribution in [0.1, 0.15) is 27.7 Å². The van der Waals surface area contributed by atoms with Crippen molar-refractivity contribution in [2.24, 2.45) is 5.92 Å². The molecule has 0 aliphatic heterocycles. The van der Waals surface area contributed by atoms with Gasteiger partial charge in [0.2, 0.25) is 0 Å². The van der Waals surface area contributed by atoms with E-state index in [-0.39, 0.29) is 11.7 Å². The molecule has 122 valence electrons. The molecule has 1 unspecified atom stereocenters. The summed E-state index contributed by atoms with van der Waals surface area (Å²) in [6.07, 6.45) is 0. The van der Waals surface area contributed by atoms with Crippen molar-refractivity contribution in [2.45, 2.75) is 39.3 Å². The molecule has 1 aromatic carbocycles. The largest absolute Gasteiger partial charge is 0.478 e. The minimum Gasteiger partial charge on any atom is -0.478 e. The average molecular weight is 311 g/mol. The van der Waals surface area contributed by atoms with Gasteiger partial charge in [0.15, 0.2) is 5.60 Å². The van der Waals surface area contributed by atoms with Crippen LogP contribution in [-0.4, -0.2) is 30.6 Å². The van der Waals surface area contributed by atoms with Crippen molar-refractivity contribution in [3.63, 3.8) is 0 Å². The van der Waals surface area contributed by atoms with Crippen LogP contribution >= 0.6 is 0 Å². The third kappa shape index (κ3) is 4.72. The number of rotatable bonds is 6. The number of benzene rings is 1. The highest BCUT2D eigenvalue weighted by Gasteiger charge is 2.34. The second kappa shape index (κ2) is 7.24. The molecule has 0 bridgehead atoms. The van der Waals surface area contributed by atoms with Gasteiger partial charge in [-0.1, -0.05) is 13.8 Å². The summed E-state index contributed by atoms with van der Waals surface area (Å²) >= 11 is 0. The van der Waals surface area contributed by atoms with E-state index < -0.39 is 23.5 Å². The zero-order valence-corrected chi connectivity index (χ0v) is 13.5. The van der Waals surface area contributed by atoms with Gasteiger partial charge < -0.3 is 14.8 Å². The average Bonchev–Trinajstić information content (AvgIpc) is 2.45. The molecule has 0 radical (unpaired) electrons. The molecule has 6 heteroatoms. The number of nitrogens with one attached hydrogen (secondary N) is 1. The number of carbonyl (C=O) groups excluding carboxylic acids is 2. The van der Waals surface area contributed by atoms with Crippen LogP contribution < -0.4 is 10.1 Å². The fourth-order valence-electron chi connectivity index (χ4n) is 1.78. The molecule has 1 amide bonds. The smallest absolute Gasteiger partial charge is 0.328 e. The van der Waals surface area contributed by atoms with E-state index in [9.17, 15) is 14.0 Å². The van der Waals surface area contributed by atoms with Crippen LogP contribution in [0.25, 0.3) is 0 Å². The third-order valence-electron chi connectivity index (χ3n) is 3.14. The van der Waals surface area contributed by atoms with E-state index in [1.165, 1.54) is 31.4 Å². The van der Waals surface area contributed by atoms with Gasteiger partial charge in [0, 0.05) is 0 Å². The van der Waals surface area contributed by atoms with E-state index in [0.717, 1.165) is 0 Å². The Hall–Kier alpha value is -2.11. The maximum absolute atomic E-state index is 12.9. The summed E-state index contributed by atoms with van der Waals surface area (Å²) in [5, 5.41) is 2.63. The maximum atomic E-state index is 12.9. The zero-order chi connectivity index (χ0) is 16.9. The molecule has 0 saturated heterocycles. The number of amides is 1. The summed E-state index contributed by atoms with van der Waals surface area (Å²) in [5.74, 6) is -1.12. The van der Waals surface area contributed by atoms with Gasteiger partial charge in [0.05, 0.1) is 7.11 Å². The molecule has 1 atom stereocenters. The molecule has 22 heavy (non-hydrogen) atoms. The summed E-state index contributed by atoms with van der Waals surface area (Å²) in [7, 11) is 1.27. The minimum atomic E-state index is -1.22.